The number of nitrogens with zero attached hydrogens (tertiary/aromatic N) is 4. The van der Waals surface area contributed by atoms with Gasteiger partial charge in [-0.15, -0.1) is 0 Å². The Kier molecular flexibility index (Phi) is 6.12. The topological polar surface area (TPSA) is 58.6 Å². The molecule has 0 aliphatic carbocycles. The van der Waals surface area contributed by atoms with E-state index in [1.165, 1.54) is 12.8 Å². The Hall–Kier alpha value is -2.12. The van der Waals surface area contributed by atoms with Crippen molar-refractivity contribution >= 4 is 23.5 Å². The molecule has 2 aromatic rings. The summed E-state index contributed by atoms with van der Waals surface area (Å²) in [7, 11) is 0. The van der Waals surface area contributed by atoms with Crippen LogP contribution in [-0.4, -0.2) is 60.2 Å². The summed E-state index contributed by atoms with van der Waals surface area (Å²) in [6.45, 7) is 6.77. The van der Waals surface area contributed by atoms with E-state index in [1.807, 2.05) is 36.1 Å². The fourth-order valence-electron chi connectivity index (χ4n) is 3.54. The van der Waals surface area contributed by atoms with Crippen molar-refractivity contribution in [3.8, 4) is 0 Å². The molecule has 1 amide bonds. The van der Waals surface area contributed by atoms with Crippen LogP contribution in [0, 0.1) is 6.92 Å². The number of rotatable bonds is 5. The lowest BCUT2D eigenvalue weighted by Crippen LogP contribution is -2.40. The van der Waals surface area contributed by atoms with Crippen LogP contribution in [0.25, 0.3) is 0 Å². The van der Waals surface area contributed by atoms with Crippen LogP contribution < -0.4 is 4.90 Å². The number of hydrogen-bond donors (Lipinski definition) is 0. The number of thioether (sulfide) groups is 1. The van der Waals surface area contributed by atoms with E-state index in [0.29, 0.717) is 26.3 Å². The van der Waals surface area contributed by atoms with Gasteiger partial charge in [-0.1, -0.05) is 23.9 Å². The third kappa shape index (κ3) is 4.64. The van der Waals surface area contributed by atoms with Crippen LogP contribution in [0.2, 0.25) is 0 Å². The van der Waals surface area contributed by atoms with Crippen molar-refractivity contribution in [3.05, 3.63) is 47.2 Å². The molecule has 6 nitrogen and oxygen atoms in total. The lowest BCUT2D eigenvalue weighted by molar-refractivity contribution is 0.0303. The lowest BCUT2D eigenvalue weighted by Gasteiger charge is -2.26. The van der Waals surface area contributed by atoms with Crippen LogP contribution in [0.5, 0.6) is 0 Å². The fraction of sp³-hybridized carbons (Fsp3) is 0.476. The molecule has 148 valence electrons. The lowest BCUT2D eigenvalue weighted by atomic mass is 10.1. The van der Waals surface area contributed by atoms with E-state index in [2.05, 4.69) is 16.0 Å². The van der Waals surface area contributed by atoms with Crippen molar-refractivity contribution in [3.63, 3.8) is 0 Å². The van der Waals surface area contributed by atoms with E-state index in [1.54, 1.807) is 11.8 Å². The highest BCUT2D eigenvalue weighted by Crippen LogP contribution is 2.25. The maximum Gasteiger partial charge on any atom is 0.254 e. The van der Waals surface area contributed by atoms with Gasteiger partial charge >= 0.3 is 0 Å². The number of anilines is 1. The van der Waals surface area contributed by atoms with Gasteiger partial charge in [-0.2, -0.15) is 0 Å². The molecule has 0 spiro atoms. The molecule has 2 saturated heterocycles. The molecule has 1 aromatic carbocycles. The second kappa shape index (κ2) is 8.92. The van der Waals surface area contributed by atoms with Crippen LogP contribution >= 0.6 is 11.8 Å². The number of morpholine rings is 1. The molecule has 2 aliphatic rings. The minimum Gasteiger partial charge on any atom is -0.378 e. The fourth-order valence-corrected chi connectivity index (χ4v) is 4.39. The Labute approximate surface area is 170 Å². The summed E-state index contributed by atoms with van der Waals surface area (Å²) >= 11 is 1.64. The van der Waals surface area contributed by atoms with Crippen LogP contribution in [0.3, 0.4) is 0 Å². The zero-order valence-corrected chi connectivity index (χ0v) is 17.1. The van der Waals surface area contributed by atoms with E-state index in [-0.39, 0.29) is 5.91 Å². The van der Waals surface area contributed by atoms with Gasteiger partial charge in [-0.3, -0.25) is 4.79 Å². The highest BCUT2D eigenvalue weighted by atomic mass is 32.2. The molecule has 1 aromatic heterocycles. The van der Waals surface area contributed by atoms with Gasteiger partial charge in [0.25, 0.3) is 5.91 Å². The van der Waals surface area contributed by atoms with E-state index in [4.69, 9.17) is 9.72 Å². The van der Waals surface area contributed by atoms with E-state index < -0.39 is 0 Å². The Morgan fingerprint density at radius 2 is 1.79 bits per heavy atom. The van der Waals surface area contributed by atoms with Gasteiger partial charge in [0.05, 0.1) is 13.2 Å². The Bertz CT molecular complexity index is 816. The predicted octanol–water partition coefficient (Wildman–Crippen LogP) is 3.15. The van der Waals surface area contributed by atoms with Gasteiger partial charge in [0, 0.05) is 49.3 Å². The maximum atomic E-state index is 12.5. The molecule has 2 aliphatic heterocycles. The van der Waals surface area contributed by atoms with Crippen molar-refractivity contribution in [2.45, 2.75) is 30.7 Å². The minimum absolute atomic E-state index is 0.0831. The quantitative estimate of drug-likeness (QED) is 0.570. The number of benzene rings is 1. The average Bonchev–Trinajstić information content (AvgIpc) is 3.27. The van der Waals surface area contributed by atoms with Gasteiger partial charge in [0.15, 0.2) is 5.16 Å². The van der Waals surface area contributed by atoms with Crippen molar-refractivity contribution in [2.75, 3.05) is 44.3 Å². The van der Waals surface area contributed by atoms with E-state index in [9.17, 15) is 4.79 Å². The summed E-state index contributed by atoms with van der Waals surface area (Å²) in [4.78, 5) is 26.0. The standard InChI is InChI=1S/C21H26N4O2S/c1-16-14-19(24-8-2-3-9-24)23-21(22-16)28-15-17-4-6-18(7-5-17)20(26)25-10-12-27-13-11-25/h4-7,14H,2-3,8-13,15H2,1H3. The molecule has 0 unspecified atom stereocenters. The first-order chi connectivity index (χ1) is 13.7. The molecule has 28 heavy (non-hydrogen) atoms. The molecule has 0 saturated carbocycles. The van der Waals surface area contributed by atoms with Crippen LogP contribution in [0.15, 0.2) is 35.5 Å². The first-order valence-electron chi connectivity index (χ1n) is 9.88. The Morgan fingerprint density at radius 3 is 2.50 bits per heavy atom. The highest BCUT2D eigenvalue weighted by molar-refractivity contribution is 7.98. The first-order valence-corrected chi connectivity index (χ1v) is 10.9. The SMILES string of the molecule is Cc1cc(N2CCCC2)nc(SCc2ccc(C(=O)N3CCOCC3)cc2)n1. The van der Waals surface area contributed by atoms with Crippen molar-refractivity contribution in [2.24, 2.45) is 0 Å². The van der Waals surface area contributed by atoms with Crippen molar-refractivity contribution < 1.29 is 9.53 Å². The molecule has 7 heteroatoms. The summed E-state index contributed by atoms with van der Waals surface area (Å²) in [5.41, 5.74) is 2.90. The zero-order valence-electron chi connectivity index (χ0n) is 16.3. The normalized spacial score (nSPS) is 17.2. The third-order valence-corrected chi connectivity index (χ3v) is 6.04. The summed E-state index contributed by atoms with van der Waals surface area (Å²) < 4.78 is 5.32. The van der Waals surface area contributed by atoms with Crippen LogP contribution in [0.4, 0.5) is 5.82 Å². The van der Waals surface area contributed by atoms with Crippen molar-refractivity contribution in [1.82, 2.24) is 14.9 Å². The number of aromatic nitrogens is 2. The number of amides is 1. The van der Waals surface area contributed by atoms with Crippen LogP contribution in [0.1, 0.15) is 34.5 Å². The number of hydrogen-bond acceptors (Lipinski definition) is 6. The van der Waals surface area contributed by atoms with Gasteiger partial charge < -0.3 is 14.5 Å². The second-order valence-electron chi connectivity index (χ2n) is 7.23. The summed E-state index contributed by atoms with van der Waals surface area (Å²) in [5, 5.41) is 0.815. The number of carbonyl (C=O) groups excluding carboxylic acids is 1. The molecule has 2 fully saturated rings. The zero-order chi connectivity index (χ0) is 19.3. The number of carbonyl (C=O) groups is 1. The number of ether oxygens (including phenoxy) is 1. The molecule has 4 rings (SSSR count). The molecular formula is C21H26N4O2S. The largest absolute Gasteiger partial charge is 0.378 e. The molecule has 0 radical (unpaired) electrons. The molecular weight excluding hydrogens is 372 g/mol. The highest BCUT2D eigenvalue weighted by Gasteiger charge is 2.18. The van der Waals surface area contributed by atoms with Gasteiger partial charge in [0.1, 0.15) is 5.82 Å². The summed E-state index contributed by atoms with van der Waals surface area (Å²) in [6.07, 6.45) is 2.47. The second-order valence-corrected chi connectivity index (χ2v) is 8.18. The third-order valence-electron chi connectivity index (χ3n) is 5.12. The van der Waals surface area contributed by atoms with Crippen molar-refractivity contribution in [1.29, 1.82) is 0 Å². The molecule has 0 N–H and O–H groups in total. The predicted molar refractivity (Wildman–Crippen MR) is 111 cm³/mol. The summed E-state index contributed by atoms with van der Waals surface area (Å²) in [6, 6.07) is 9.96. The van der Waals surface area contributed by atoms with Gasteiger partial charge in [0.2, 0.25) is 0 Å². The molecule has 3 heterocycles. The summed E-state index contributed by atoms with van der Waals surface area (Å²) in [5.74, 6) is 1.91. The average molecular weight is 399 g/mol. The number of aryl methyl sites for hydroxylation is 1. The van der Waals surface area contributed by atoms with E-state index in [0.717, 1.165) is 46.6 Å². The molecule has 0 bridgehead atoms. The molecule has 0 atom stereocenters. The Morgan fingerprint density at radius 1 is 1.07 bits per heavy atom. The Balaban J connectivity index is 1.38. The maximum absolute atomic E-state index is 12.5. The first kappa shape index (κ1) is 19.2. The minimum atomic E-state index is 0.0831. The van der Waals surface area contributed by atoms with Gasteiger partial charge in [-0.05, 0) is 37.5 Å². The van der Waals surface area contributed by atoms with Gasteiger partial charge in [-0.25, -0.2) is 9.97 Å². The monoisotopic (exact) mass is 398 g/mol. The smallest absolute Gasteiger partial charge is 0.254 e. The van der Waals surface area contributed by atoms with Crippen LogP contribution in [-0.2, 0) is 10.5 Å². The van der Waals surface area contributed by atoms with E-state index >= 15 is 0 Å².